The molecule has 1 aliphatic rings. The van der Waals surface area contributed by atoms with Crippen LogP contribution in [-0.4, -0.2) is 11.7 Å². The third-order valence-corrected chi connectivity index (χ3v) is 4.53. The van der Waals surface area contributed by atoms with Gasteiger partial charge in [-0.3, -0.25) is 0 Å². The molecule has 0 radical (unpaired) electrons. The molecule has 0 aromatic heterocycles. The van der Waals surface area contributed by atoms with Crippen molar-refractivity contribution >= 4 is 15.9 Å². The van der Waals surface area contributed by atoms with Gasteiger partial charge in [0.05, 0.1) is 11.1 Å². The molecule has 0 saturated heterocycles. The molecule has 0 spiro atoms. The first kappa shape index (κ1) is 14.5. The third-order valence-electron chi connectivity index (χ3n) is 3.91. The van der Waals surface area contributed by atoms with Crippen LogP contribution in [0, 0.1) is 5.82 Å². The first-order chi connectivity index (χ1) is 9.90. The molecule has 1 N–H and O–H groups in total. The Bertz CT molecular complexity index is 697. The lowest BCUT2D eigenvalue weighted by molar-refractivity contribution is 0.214. The predicted molar refractivity (Wildman–Crippen MR) is 83.1 cm³/mol. The number of aliphatic hydroxyl groups excluding tert-OH is 1. The van der Waals surface area contributed by atoms with Gasteiger partial charge in [0.1, 0.15) is 17.7 Å². The van der Waals surface area contributed by atoms with Crippen molar-refractivity contribution in [2.45, 2.75) is 25.4 Å². The maximum atomic E-state index is 14.1. The van der Waals surface area contributed by atoms with Gasteiger partial charge in [0.25, 0.3) is 0 Å². The SMILES string of the molecule is CC1(C)COc2ccc(C(O)c3cccc(Br)c3F)cc21. The highest BCUT2D eigenvalue weighted by Gasteiger charge is 2.32. The topological polar surface area (TPSA) is 29.5 Å². The van der Waals surface area contributed by atoms with Gasteiger partial charge in [-0.25, -0.2) is 4.39 Å². The largest absolute Gasteiger partial charge is 0.492 e. The van der Waals surface area contributed by atoms with Crippen molar-refractivity contribution in [3.8, 4) is 5.75 Å². The summed E-state index contributed by atoms with van der Waals surface area (Å²) in [5, 5.41) is 10.5. The van der Waals surface area contributed by atoms with Gasteiger partial charge < -0.3 is 9.84 Å². The highest BCUT2D eigenvalue weighted by molar-refractivity contribution is 9.10. The lowest BCUT2D eigenvalue weighted by Gasteiger charge is -2.18. The van der Waals surface area contributed by atoms with Gasteiger partial charge in [0.15, 0.2) is 0 Å². The zero-order valence-corrected chi connectivity index (χ0v) is 13.4. The van der Waals surface area contributed by atoms with E-state index in [2.05, 4.69) is 29.8 Å². The molecule has 0 aliphatic carbocycles. The van der Waals surface area contributed by atoms with Crippen LogP contribution in [0.5, 0.6) is 5.75 Å². The standard InChI is InChI=1S/C17H16BrFO2/c1-17(2)9-21-14-7-6-10(8-12(14)17)16(20)11-4-3-5-13(18)15(11)19/h3-8,16,20H,9H2,1-2H3. The molecular weight excluding hydrogens is 335 g/mol. The zero-order chi connectivity index (χ0) is 15.2. The van der Waals surface area contributed by atoms with Crippen LogP contribution in [0.2, 0.25) is 0 Å². The molecule has 1 heterocycles. The zero-order valence-electron chi connectivity index (χ0n) is 11.9. The molecule has 1 aliphatic heterocycles. The lowest BCUT2D eigenvalue weighted by atomic mass is 9.85. The normalized spacial score (nSPS) is 17.2. The molecule has 21 heavy (non-hydrogen) atoms. The number of ether oxygens (including phenoxy) is 1. The first-order valence-corrected chi connectivity index (χ1v) is 7.58. The fourth-order valence-corrected chi connectivity index (χ4v) is 3.00. The Balaban J connectivity index is 2.03. The Hall–Kier alpha value is -1.39. The molecule has 0 bridgehead atoms. The second-order valence-electron chi connectivity index (χ2n) is 5.97. The summed E-state index contributed by atoms with van der Waals surface area (Å²) in [6.07, 6.45) is -0.996. The van der Waals surface area contributed by atoms with Crippen molar-refractivity contribution < 1.29 is 14.2 Å². The van der Waals surface area contributed by atoms with Crippen molar-refractivity contribution in [1.82, 2.24) is 0 Å². The van der Waals surface area contributed by atoms with Crippen LogP contribution < -0.4 is 4.74 Å². The molecule has 3 rings (SSSR count). The quantitative estimate of drug-likeness (QED) is 0.872. The summed E-state index contributed by atoms with van der Waals surface area (Å²) >= 11 is 3.15. The fraction of sp³-hybridized carbons (Fsp3) is 0.294. The summed E-state index contributed by atoms with van der Waals surface area (Å²) in [5.74, 6) is 0.409. The van der Waals surface area contributed by atoms with E-state index in [1.54, 1.807) is 24.3 Å². The highest BCUT2D eigenvalue weighted by atomic mass is 79.9. The van der Waals surface area contributed by atoms with Crippen LogP contribution in [0.25, 0.3) is 0 Å². The van der Waals surface area contributed by atoms with Crippen LogP contribution in [0.1, 0.15) is 36.6 Å². The minimum atomic E-state index is -0.996. The van der Waals surface area contributed by atoms with Gasteiger partial charge >= 0.3 is 0 Å². The third kappa shape index (κ3) is 2.47. The highest BCUT2D eigenvalue weighted by Crippen LogP contribution is 2.40. The summed E-state index contributed by atoms with van der Waals surface area (Å²) in [5.41, 5.74) is 1.89. The molecule has 2 nitrogen and oxygen atoms in total. The van der Waals surface area contributed by atoms with Crippen LogP contribution in [-0.2, 0) is 5.41 Å². The summed E-state index contributed by atoms with van der Waals surface area (Å²) in [4.78, 5) is 0. The maximum absolute atomic E-state index is 14.1. The second kappa shape index (κ2) is 5.11. The molecule has 4 heteroatoms. The van der Waals surface area contributed by atoms with Gasteiger partial charge in [0.2, 0.25) is 0 Å². The number of benzene rings is 2. The Labute approximate surface area is 131 Å². The molecule has 110 valence electrons. The number of rotatable bonds is 2. The van der Waals surface area contributed by atoms with E-state index in [1.807, 2.05) is 12.1 Å². The van der Waals surface area contributed by atoms with Crippen molar-refractivity contribution in [3.63, 3.8) is 0 Å². The van der Waals surface area contributed by atoms with E-state index >= 15 is 0 Å². The van der Waals surface area contributed by atoms with Crippen LogP contribution >= 0.6 is 15.9 Å². The number of halogens is 2. The molecule has 1 unspecified atom stereocenters. The van der Waals surface area contributed by atoms with Gasteiger partial charge in [0, 0.05) is 16.5 Å². The van der Waals surface area contributed by atoms with E-state index in [4.69, 9.17) is 4.74 Å². The maximum Gasteiger partial charge on any atom is 0.143 e. The van der Waals surface area contributed by atoms with Gasteiger partial charge in [-0.2, -0.15) is 0 Å². The number of fused-ring (bicyclic) bond motifs is 1. The second-order valence-corrected chi connectivity index (χ2v) is 6.83. The molecule has 0 amide bonds. The smallest absolute Gasteiger partial charge is 0.143 e. The minimum Gasteiger partial charge on any atom is -0.492 e. The average Bonchev–Trinajstić information content (AvgIpc) is 2.76. The summed E-state index contributed by atoms with van der Waals surface area (Å²) < 4.78 is 20.1. The van der Waals surface area contributed by atoms with Crippen molar-refractivity contribution in [2.75, 3.05) is 6.61 Å². The summed E-state index contributed by atoms with van der Waals surface area (Å²) in [6, 6.07) is 10.5. The molecule has 2 aromatic carbocycles. The minimum absolute atomic E-state index is 0.0964. The van der Waals surface area contributed by atoms with E-state index in [9.17, 15) is 9.50 Å². The molecular formula is C17H16BrFO2. The van der Waals surface area contributed by atoms with E-state index in [0.29, 0.717) is 16.6 Å². The van der Waals surface area contributed by atoms with Crippen LogP contribution in [0.4, 0.5) is 4.39 Å². The number of hydrogen-bond donors (Lipinski definition) is 1. The molecule has 2 aromatic rings. The first-order valence-electron chi connectivity index (χ1n) is 6.79. The Morgan fingerprint density at radius 3 is 2.81 bits per heavy atom. The predicted octanol–water partition coefficient (Wildman–Crippen LogP) is 4.34. The van der Waals surface area contributed by atoms with Crippen molar-refractivity contribution in [1.29, 1.82) is 0 Å². The number of aliphatic hydroxyl groups is 1. The van der Waals surface area contributed by atoms with E-state index in [-0.39, 0.29) is 11.0 Å². The Kier molecular flexibility index (Phi) is 3.54. The molecule has 0 fully saturated rings. The molecule has 0 saturated carbocycles. The van der Waals surface area contributed by atoms with Crippen LogP contribution in [0.15, 0.2) is 40.9 Å². The Morgan fingerprint density at radius 1 is 1.29 bits per heavy atom. The van der Waals surface area contributed by atoms with E-state index in [1.165, 1.54) is 0 Å². The monoisotopic (exact) mass is 350 g/mol. The van der Waals surface area contributed by atoms with E-state index < -0.39 is 11.9 Å². The van der Waals surface area contributed by atoms with Crippen molar-refractivity contribution in [3.05, 3.63) is 63.4 Å². The average molecular weight is 351 g/mol. The molecule has 1 atom stereocenters. The van der Waals surface area contributed by atoms with E-state index in [0.717, 1.165) is 11.3 Å². The van der Waals surface area contributed by atoms with Gasteiger partial charge in [-0.1, -0.05) is 32.0 Å². The van der Waals surface area contributed by atoms with Gasteiger partial charge in [-0.15, -0.1) is 0 Å². The van der Waals surface area contributed by atoms with Crippen molar-refractivity contribution in [2.24, 2.45) is 0 Å². The van der Waals surface area contributed by atoms with Crippen LogP contribution in [0.3, 0.4) is 0 Å². The summed E-state index contributed by atoms with van der Waals surface area (Å²) in [6.45, 7) is 4.80. The Morgan fingerprint density at radius 2 is 2.05 bits per heavy atom. The summed E-state index contributed by atoms with van der Waals surface area (Å²) in [7, 11) is 0. The lowest BCUT2D eigenvalue weighted by Crippen LogP contribution is -2.18. The number of hydrogen-bond acceptors (Lipinski definition) is 2. The van der Waals surface area contributed by atoms with Gasteiger partial charge in [-0.05, 0) is 39.7 Å². The fourth-order valence-electron chi connectivity index (χ4n) is 2.62.